The first kappa shape index (κ1) is 22.3. The quantitative estimate of drug-likeness (QED) is 0.482. The number of tetrazole rings is 1. The average Bonchev–Trinajstić information content (AvgIpc) is 3.24. The van der Waals surface area contributed by atoms with Crippen LogP contribution in [0.4, 0.5) is 15.3 Å². The third kappa shape index (κ3) is 5.50. The molecule has 1 atom stereocenters. The number of amides is 3. The number of rotatable bonds is 7. The second-order valence-corrected chi connectivity index (χ2v) is 7.96. The predicted octanol–water partition coefficient (Wildman–Crippen LogP) is 2.98. The van der Waals surface area contributed by atoms with Crippen molar-refractivity contribution in [3.05, 3.63) is 64.9 Å². The molecule has 1 aliphatic rings. The van der Waals surface area contributed by atoms with Crippen molar-refractivity contribution in [2.24, 2.45) is 0 Å². The van der Waals surface area contributed by atoms with E-state index >= 15 is 0 Å². The van der Waals surface area contributed by atoms with E-state index in [1.54, 1.807) is 31.4 Å². The molecular formula is C21H22ClN7O4. The monoisotopic (exact) mass is 471 g/mol. The van der Waals surface area contributed by atoms with Gasteiger partial charge in [0, 0.05) is 17.1 Å². The molecule has 3 amide bonds. The molecule has 172 valence electrons. The number of nitrogens with zero attached hydrogens (tertiary/aromatic N) is 5. The fourth-order valence-corrected chi connectivity index (χ4v) is 3.48. The molecule has 1 fully saturated rings. The first-order valence-corrected chi connectivity index (χ1v) is 10.5. The molecule has 0 bridgehead atoms. The molecule has 0 radical (unpaired) electrons. The average molecular weight is 472 g/mol. The number of anilines is 1. The number of carbonyl (C=O) groups excluding carboxylic acids is 1. The lowest BCUT2D eigenvalue weighted by atomic mass is 10.1. The van der Waals surface area contributed by atoms with Gasteiger partial charge >= 0.3 is 12.1 Å². The van der Waals surface area contributed by atoms with E-state index in [1.165, 1.54) is 9.70 Å². The van der Waals surface area contributed by atoms with Gasteiger partial charge in [-0.3, -0.25) is 0 Å². The Hall–Kier alpha value is -3.86. The van der Waals surface area contributed by atoms with Crippen molar-refractivity contribution in [1.29, 1.82) is 0 Å². The maximum Gasteiger partial charge on any atom is 0.407 e. The number of aromatic nitrogens is 4. The van der Waals surface area contributed by atoms with Crippen LogP contribution in [0.25, 0.3) is 0 Å². The van der Waals surface area contributed by atoms with E-state index in [2.05, 4.69) is 26.0 Å². The summed E-state index contributed by atoms with van der Waals surface area (Å²) in [5.74, 6) is 1.05. The van der Waals surface area contributed by atoms with Crippen molar-refractivity contribution in [2.75, 3.05) is 25.5 Å². The number of likely N-dealkylation sites (tertiary alicyclic amines) is 1. The van der Waals surface area contributed by atoms with Crippen LogP contribution in [-0.4, -0.2) is 62.5 Å². The number of urea groups is 1. The van der Waals surface area contributed by atoms with Gasteiger partial charge in [0.05, 0.1) is 26.2 Å². The number of ether oxygens (including phenoxy) is 1. The lowest BCUT2D eigenvalue weighted by molar-refractivity contribution is 0.0747. The van der Waals surface area contributed by atoms with Crippen LogP contribution in [0.15, 0.2) is 48.5 Å². The molecular weight excluding hydrogens is 450 g/mol. The van der Waals surface area contributed by atoms with Crippen molar-refractivity contribution in [2.45, 2.75) is 18.5 Å². The number of methoxy groups -OCH3 is 1. The summed E-state index contributed by atoms with van der Waals surface area (Å²) in [4.78, 5) is 26.3. The van der Waals surface area contributed by atoms with Crippen LogP contribution in [-0.2, 0) is 6.42 Å². The highest BCUT2D eigenvalue weighted by Crippen LogP contribution is 2.22. The highest BCUT2D eigenvalue weighted by atomic mass is 35.5. The summed E-state index contributed by atoms with van der Waals surface area (Å²) in [7, 11) is 1.59. The van der Waals surface area contributed by atoms with E-state index in [1.807, 2.05) is 24.3 Å². The molecule has 0 spiro atoms. The number of hydrogen-bond donors (Lipinski definition) is 3. The molecule has 1 unspecified atom stereocenters. The third-order valence-electron chi connectivity index (χ3n) is 5.22. The molecule has 0 saturated carbocycles. The zero-order valence-electron chi connectivity index (χ0n) is 17.7. The molecule has 2 heterocycles. The number of halogens is 1. The van der Waals surface area contributed by atoms with Gasteiger partial charge < -0.3 is 25.4 Å². The first-order chi connectivity index (χ1) is 15.9. The summed E-state index contributed by atoms with van der Waals surface area (Å²) in [6, 6.07) is 13.0. The molecule has 12 heteroatoms. The molecule has 1 aliphatic heterocycles. The molecule has 0 aliphatic carbocycles. The molecule has 2 aromatic carbocycles. The largest absolute Gasteiger partial charge is 0.497 e. The van der Waals surface area contributed by atoms with E-state index in [0.29, 0.717) is 36.0 Å². The zero-order chi connectivity index (χ0) is 23.4. The normalized spacial score (nSPS) is 14.3. The smallest absolute Gasteiger partial charge is 0.407 e. The molecule has 4 rings (SSSR count). The Morgan fingerprint density at radius 3 is 2.52 bits per heavy atom. The SMILES string of the molecule is COc1ccc(CC(NC(=O)Nc2ccc(Cl)cc2)c2nnn(C3CN(C(=O)O)C3)n2)cc1. The molecule has 1 aromatic heterocycles. The van der Waals surface area contributed by atoms with Crippen LogP contribution in [0.3, 0.4) is 0 Å². The van der Waals surface area contributed by atoms with Crippen LogP contribution < -0.4 is 15.4 Å². The van der Waals surface area contributed by atoms with Crippen LogP contribution >= 0.6 is 11.6 Å². The van der Waals surface area contributed by atoms with Gasteiger partial charge in [-0.1, -0.05) is 23.7 Å². The zero-order valence-corrected chi connectivity index (χ0v) is 18.4. The van der Waals surface area contributed by atoms with Gasteiger partial charge in [0.1, 0.15) is 11.8 Å². The van der Waals surface area contributed by atoms with Gasteiger partial charge in [-0.05, 0) is 47.2 Å². The van der Waals surface area contributed by atoms with E-state index in [9.17, 15) is 9.59 Å². The summed E-state index contributed by atoms with van der Waals surface area (Å²) in [5, 5.41) is 27.8. The Kier molecular flexibility index (Phi) is 6.59. The van der Waals surface area contributed by atoms with Crippen molar-refractivity contribution in [1.82, 2.24) is 30.4 Å². The summed E-state index contributed by atoms with van der Waals surface area (Å²) in [6.45, 7) is 0.581. The predicted molar refractivity (Wildman–Crippen MR) is 119 cm³/mol. The number of carboxylic acid groups (broad SMARTS) is 1. The molecule has 3 aromatic rings. The van der Waals surface area contributed by atoms with Crippen LogP contribution in [0.5, 0.6) is 5.75 Å². The Labute approximate surface area is 194 Å². The van der Waals surface area contributed by atoms with Crippen LogP contribution in [0.1, 0.15) is 23.5 Å². The van der Waals surface area contributed by atoms with E-state index in [0.717, 1.165) is 11.3 Å². The maximum absolute atomic E-state index is 12.7. The molecule has 1 saturated heterocycles. The summed E-state index contributed by atoms with van der Waals surface area (Å²) >= 11 is 5.90. The van der Waals surface area contributed by atoms with E-state index in [4.69, 9.17) is 21.4 Å². The standard InChI is InChI=1S/C21H22ClN7O4/c1-33-17-8-2-13(3-9-17)10-18(24-20(30)23-15-6-4-14(22)5-7-15)19-25-27-29(26-19)16-11-28(12-16)21(31)32/h2-9,16,18H,10-12H2,1H3,(H,31,32)(H2,23,24,30). The number of nitrogens with one attached hydrogen (secondary N) is 2. The first-order valence-electron chi connectivity index (χ1n) is 10.1. The minimum absolute atomic E-state index is 0.188. The van der Waals surface area contributed by atoms with Crippen molar-refractivity contribution >= 4 is 29.4 Å². The fraction of sp³-hybridized carbons (Fsp3) is 0.286. The van der Waals surface area contributed by atoms with Crippen LogP contribution in [0, 0.1) is 0 Å². The molecule has 11 nitrogen and oxygen atoms in total. The number of carbonyl (C=O) groups is 2. The Balaban J connectivity index is 1.49. The van der Waals surface area contributed by atoms with Gasteiger partial charge in [-0.2, -0.15) is 4.80 Å². The van der Waals surface area contributed by atoms with Crippen molar-refractivity contribution < 1.29 is 19.4 Å². The Morgan fingerprint density at radius 2 is 1.88 bits per heavy atom. The maximum atomic E-state index is 12.7. The third-order valence-corrected chi connectivity index (χ3v) is 5.47. The number of benzene rings is 2. The van der Waals surface area contributed by atoms with Crippen LogP contribution in [0.2, 0.25) is 5.02 Å². The second kappa shape index (κ2) is 9.74. The topological polar surface area (TPSA) is 134 Å². The van der Waals surface area contributed by atoms with Gasteiger partial charge in [0.25, 0.3) is 0 Å². The minimum atomic E-state index is -0.982. The van der Waals surface area contributed by atoms with Gasteiger partial charge in [0.2, 0.25) is 0 Å². The number of hydrogen-bond acceptors (Lipinski definition) is 6. The van der Waals surface area contributed by atoms with E-state index in [-0.39, 0.29) is 6.04 Å². The summed E-state index contributed by atoms with van der Waals surface area (Å²) in [5.41, 5.74) is 1.52. The Bertz CT molecular complexity index is 1110. The second-order valence-electron chi connectivity index (χ2n) is 7.52. The molecule has 3 N–H and O–H groups in total. The van der Waals surface area contributed by atoms with Gasteiger partial charge in [-0.15, -0.1) is 10.2 Å². The minimum Gasteiger partial charge on any atom is -0.497 e. The molecule has 33 heavy (non-hydrogen) atoms. The summed E-state index contributed by atoms with van der Waals surface area (Å²) in [6.07, 6.45) is -0.570. The van der Waals surface area contributed by atoms with Gasteiger partial charge in [-0.25, -0.2) is 9.59 Å². The lowest BCUT2D eigenvalue weighted by Gasteiger charge is -2.35. The van der Waals surface area contributed by atoms with Crippen molar-refractivity contribution in [3.63, 3.8) is 0 Å². The lowest BCUT2D eigenvalue weighted by Crippen LogP contribution is -2.50. The van der Waals surface area contributed by atoms with E-state index < -0.39 is 18.2 Å². The highest BCUT2D eigenvalue weighted by molar-refractivity contribution is 6.30. The highest BCUT2D eigenvalue weighted by Gasteiger charge is 2.34. The van der Waals surface area contributed by atoms with Gasteiger partial charge in [0.15, 0.2) is 5.82 Å². The summed E-state index contributed by atoms with van der Waals surface area (Å²) < 4.78 is 5.20. The van der Waals surface area contributed by atoms with Crippen molar-refractivity contribution in [3.8, 4) is 5.75 Å². The fourth-order valence-electron chi connectivity index (χ4n) is 3.35. The Morgan fingerprint density at radius 1 is 1.18 bits per heavy atom.